The number of nitriles is 1. The lowest BCUT2D eigenvalue weighted by molar-refractivity contribution is -0.117. The smallest absolute Gasteiger partial charge is 0.277 e. The monoisotopic (exact) mass is 600 g/mol. The minimum atomic E-state index is -4.56. The summed E-state index contributed by atoms with van der Waals surface area (Å²) in [6.45, 7) is 1.85. The Morgan fingerprint density at radius 3 is 2.51 bits per heavy atom. The molecule has 1 atom stereocenters. The van der Waals surface area contributed by atoms with Gasteiger partial charge in [0.1, 0.15) is 11.6 Å². The molecule has 0 saturated heterocycles. The fourth-order valence-electron chi connectivity index (χ4n) is 5.32. The van der Waals surface area contributed by atoms with E-state index in [1.54, 1.807) is 24.3 Å². The first kappa shape index (κ1) is 29.7. The zero-order valence-corrected chi connectivity index (χ0v) is 24.1. The van der Waals surface area contributed by atoms with Crippen molar-refractivity contribution in [2.24, 2.45) is 11.7 Å². The standard InChI is InChI=1S/C32H29FN4O5S/c1-2-27(22-5-3-4-20(14-22)18-34)37-29(15-19-6-7-19)36-31(39)30(32(37)40)43(41,42)25-11-8-21(9-12-25)26-13-10-24(33)16-23(26)17-28(35)38/h3-5,8-14,16,19,27,39H,2,6-7,15,17H2,1H3,(H2,35,38)/t27-/m0/s1. The molecule has 1 fully saturated rings. The van der Waals surface area contributed by atoms with E-state index in [9.17, 15) is 32.8 Å². The summed E-state index contributed by atoms with van der Waals surface area (Å²) < 4.78 is 42.9. The van der Waals surface area contributed by atoms with Gasteiger partial charge in [-0.2, -0.15) is 10.2 Å². The number of aromatic hydroxyl groups is 1. The molecule has 0 unspecified atom stereocenters. The van der Waals surface area contributed by atoms with Crippen LogP contribution in [0.1, 0.15) is 54.7 Å². The molecular formula is C32H29FN4O5S. The van der Waals surface area contributed by atoms with Crippen LogP contribution in [0.15, 0.2) is 81.3 Å². The molecule has 3 N–H and O–H groups in total. The Morgan fingerprint density at radius 1 is 1.16 bits per heavy atom. The van der Waals surface area contributed by atoms with E-state index in [4.69, 9.17) is 5.73 Å². The van der Waals surface area contributed by atoms with E-state index in [0.29, 0.717) is 40.7 Å². The maximum Gasteiger partial charge on any atom is 0.277 e. The van der Waals surface area contributed by atoms with Gasteiger partial charge in [0.25, 0.3) is 5.56 Å². The summed E-state index contributed by atoms with van der Waals surface area (Å²) in [7, 11) is -4.56. The van der Waals surface area contributed by atoms with Gasteiger partial charge in [0.05, 0.1) is 29.0 Å². The van der Waals surface area contributed by atoms with Crippen molar-refractivity contribution in [3.63, 3.8) is 0 Å². The molecule has 3 aromatic carbocycles. The first-order valence-corrected chi connectivity index (χ1v) is 15.3. The topological polar surface area (TPSA) is 156 Å². The predicted molar refractivity (Wildman–Crippen MR) is 156 cm³/mol. The highest BCUT2D eigenvalue weighted by molar-refractivity contribution is 7.91. The van der Waals surface area contributed by atoms with E-state index in [1.165, 1.54) is 47.0 Å². The highest BCUT2D eigenvalue weighted by atomic mass is 32.2. The summed E-state index contributed by atoms with van der Waals surface area (Å²) in [5.74, 6) is -1.51. The number of primary amides is 1. The van der Waals surface area contributed by atoms with Crippen LogP contribution in [0.2, 0.25) is 0 Å². The second-order valence-corrected chi connectivity index (χ2v) is 12.5. The Bertz CT molecular complexity index is 1930. The van der Waals surface area contributed by atoms with Crippen molar-refractivity contribution < 1.29 is 22.7 Å². The molecule has 5 rings (SSSR count). The first-order valence-electron chi connectivity index (χ1n) is 13.8. The molecule has 0 radical (unpaired) electrons. The van der Waals surface area contributed by atoms with Gasteiger partial charge in [-0.05, 0) is 83.8 Å². The third-order valence-electron chi connectivity index (χ3n) is 7.57. The first-order chi connectivity index (χ1) is 20.5. The van der Waals surface area contributed by atoms with E-state index in [2.05, 4.69) is 11.1 Å². The maximum atomic E-state index is 14.1. The lowest BCUT2D eigenvalue weighted by atomic mass is 9.97. The van der Waals surface area contributed by atoms with Crippen LogP contribution in [0, 0.1) is 23.1 Å². The molecule has 1 amide bonds. The van der Waals surface area contributed by atoms with Gasteiger partial charge in [0, 0.05) is 6.42 Å². The molecule has 1 aliphatic carbocycles. The maximum absolute atomic E-state index is 14.1. The fourth-order valence-corrected chi connectivity index (χ4v) is 6.67. The van der Waals surface area contributed by atoms with Crippen molar-refractivity contribution in [1.29, 1.82) is 5.26 Å². The number of sulfone groups is 1. The van der Waals surface area contributed by atoms with Crippen LogP contribution in [0.4, 0.5) is 4.39 Å². The number of benzene rings is 3. The number of nitrogens with two attached hydrogens (primary N) is 1. The number of aromatic nitrogens is 2. The van der Waals surface area contributed by atoms with Gasteiger partial charge in [-0.25, -0.2) is 12.8 Å². The van der Waals surface area contributed by atoms with Gasteiger partial charge in [-0.3, -0.25) is 14.2 Å². The molecule has 9 nitrogen and oxygen atoms in total. The van der Waals surface area contributed by atoms with Crippen molar-refractivity contribution in [2.75, 3.05) is 0 Å². The fraction of sp³-hybridized carbons (Fsp3) is 0.250. The number of hydrogen-bond donors (Lipinski definition) is 2. The summed E-state index contributed by atoms with van der Waals surface area (Å²) in [5.41, 5.74) is 6.78. The van der Waals surface area contributed by atoms with Gasteiger partial charge in [-0.1, -0.05) is 37.3 Å². The molecule has 220 valence electrons. The van der Waals surface area contributed by atoms with Gasteiger partial charge < -0.3 is 10.8 Å². The summed E-state index contributed by atoms with van der Waals surface area (Å²) in [5, 5.41) is 20.3. The summed E-state index contributed by atoms with van der Waals surface area (Å²) in [6.07, 6.45) is 2.48. The van der Waals surface area contributed by atoms with E-state index >= 15 is 0 Å². The zero-order valence-electron chi connectivity index (χ0n) is 23.3. The highest BCUT2D eigenvalue weighted by Crippen LogP contribution is 2.35. The quantitative estimate of drug-likeness (QED) is 0.273. The largest absolute Gasteiger partial charge is 0.492 e. The van der Waals surface area contributed by atoms with E-state index in [1.807, 2.05) is 6.92 Å². The normalized spacial score (nSPS) is 13.8. The molecule has 1 saturated carbocycles. The van der Waals surface area contributed by atoms with Crippen molar-refractivity contribution in [3.8, 4) is 23.1 Å². The molecule has 1 heterocycles. The van der Waals surface area contributed by atoms with Crippen LogP contribution >= 0.6 is 0 Å². The number of carbonyl (C=O) groups is 1. The number of nitrogens with zero attached hydrogens (tertiary/aromatic N) is 3. The van der Waals surface area contributed by atoms with Crippen LogP contribution in [0.5, 0.6) is 5.88 Å². The Kier molecular flexibility index (Phi) is 8.15. The average Bonchev–Trinajstić information content (AvgIpc) is 3.79. The minimum Gasteiger partial charge on any atom is -0.492 e. The molecule has 11 heteroatoms. The number of halogens is 1. The number of carbonyl (C=O) groups excluding carboxylic acids is 1. The number of rotatable bonds is 10. The summed E-state index contributed by atoms with van der Waals surface area (Å²) in [6, 6.07) is 17.6. The van der Waals surface area contributed by atoms with Crippen molar-refractivity contribution in [1.82, 2.24) is 9.55 Å². The third-order valence-corrected chi connectivity index (χ3v) is 9.36. The lowest BCUT2D eigenvalue weighted by Crippen LogP contribution is -2.33. The lowest BCUT2D eigenvalue weighted by Gasteiger charge is -2.23. The minimum absolute atomic E-state index is 0.213. The van der Waals surface area contributed by atoms with Crippen LogP contribution < -0.4 is 11.3 Å². The van der Waals surface area contributed by atoms with E-state index in [0.717, 1.165) is 12.8 Å². The zero-order chi connectivity index (χ0) is 30.9. The molecule has 4 aromatic rings. The second kappa shape index (κ2) is 11.8. The number of hydrogen-bond acceptors (Lipinski definition) is 7. The molecule has 0 bridgehead atoms. The summed E-state index contributed by atoms with van der Waals surface area (Å²) >= 11 is 0. The predicted octanol–water partition coefficient (Wildman–Crippen LogP) is 4.44. The van der Waals surface area contributed by atoms with Gasteiger partial charge in [-0.15, -0.1) is 0 Å². The van der Waals surface area contributed by atoms with E-state index in [-0.39, 0.29) is 23.1 Å². The second-order valence-electron chi connectivity index (χ2n) is 10.6. The molecule has 0 spiro atoms. The Hall–Kier alpha value is -4.82. The molecule has 0 aliphatic heterocycles. The molecule has 1 aromatic heterocycles. The molecule has 1 aliphatic rings. The van der Waals surface area contributed by atoms with Gasteiger partial charge >= 0.3 is 0 Å². The third kappa shape index (κ3) is 6.05. The molecule has 43 heavy (non-hydrogen) atoms. The number of amides is 1. The van der Waals surface area contributed by atoms with Crippen LogP contribution in [-0.2, 0) is 27.5 Å². The SMILES string of the molecule is CC[C@@H](c1cccc(C#N)c1)n1c(CC2CC2)nc(O)c(S(=O)(=O)c2ccc(-c3ccc(F)cc3CC(N)=O)cc2)c1=O. The van der Waals surface area contributed by atoms with Crippen molar-refractivity contribution in [3.05, 3.63) is 105 Å². The Balaban J connectivity index is 1.61. The van der Waals surface area contributed by atoms with Gasteiger partial charge in [0.15, 0.2) is 4.90 Å². The Morgan fingerprint density at radius 2 is 1.88 bits per heavy atom. The van der Waals surface area contributed by atoms with Crippen LogP contribution in [0.25, 0.3) is 11.1 Å². The summed E-state index contributed by atoms with van der Waals surface area (Å²) in [4.78, 5) is 28.7. The van der Waals surface area contributed by atoms with Crippen LogP contribution in [0.3, 0.4) is 0 Å². The van der Waals surface area contributed by atoms with Crippen molar-refractivity contribution >= 4 is 15.7 Å². The highest BCUT2D eigenvalue weighted by Gasteiger charge is 2.33. The van der Waals surface area contributed by atoms with Gasteiger partial charge in [0.2, 0.25) is 21.6 Å². The van der Waals surface area contributed by atoms with Crippen molar-refractivity contribution in [2.45, 2.75) is 54.9 Å². The Labute approximate surface area is 248 Å². The van der Waals surface area contributed by atoms with Crippen LogP contribution in [-0.4, -0.2) is 29.0 Å². The molecular weight excluding hydrogens is 571 g/mol. The van der Waals surface area contributed by atoms with E-state index < -0.39 is 43.9 Å². The average molecular weight is 601 g/mol.